The number of aromatic hydroxyl groups is 2. The third-order valence-electron chi connectivity index (χ3n) is 7.45. The van der Waals surface area contributed by atoms with Gasteiger partial charge >= 0.3 is 7.82 Å². The molecule has 4 aromatic carbocycles. The number of benzene rings is 4. The number of allylic oxidation sites excluding steroid dienone is 8. The lowest BCUT2D eigenvalue weighted by Gasteiger charge is -2.34. The van der Waals surface area contributed by atoms with E-state index in [2.05, 4.69) is 6.08 Å². The lowest BCUT2D eigenvalue weighted by atomic mass is 9.71. The van der Waals surface area contributed by atoms with E-state index in [0.717, 1.165) is 33.0 Å². The molecule has 3 aliphatic rings. The number of fused-ring (bicyclic) bond motifs is 7. The molecule has 0 saturated carbocycles. The smallest absolute Gasteiger partial charge is 0.508 e. The first-order valence-corrected chi connectivity index (χ1v) is 14.0. The van der Waals surface area contributed by atoms with E-state index in [1.54, 1.807) is 48.5 Å². The number of rotatable bonds is 2. The van der Waals surface area contributed by atoms with E-state index in [9.17, 15) is 19.7 Å². The number of phenolic OH excluding ortho intramolecular Hbond substituents is 2. The van der Waals surface area contributed by atoms with Gasteiger partial charge in [0.2, 0.25) is 0 Å². The number of phenols is 2. The van der Waals surface area contributed by atoms with Gasteiger partial charge in [-0.2, -0.15) is 0 Å². The minimum Gasteiger partial charge on any atom is -0.508 e. The Balaban J connectivity index is 1.60. The first-order chi connectivity index (χ1) is 18.9. The second-order valence-electron chi connectivity index (χ2n) is 9.80. The van der Waals surface area contributed by atoms with Gasteiger partial charge in [0.05, 0.1) is 5.92 Å². The highest BCUT2D eigenvalue weighted by Crippen LogP contribution is 2.62. The molecule has 7 heteroatoms. The van der Waals surface area contributed by atoms with E-state index >= 15 is 0 Å². The normalized spacial score (nSPS) is 23.2. The Kier molecular flexibility index (Phi) is 5.31. The summed E-state index contributed by atoms with van der Waals surface area (Å²) in [5.41, 5.74) is 4.52. The van der Waals surface area contributed by atoms with Crippen LogP contribution in [0.5, 0.6) is 17.2 Å². The zero-order chi connectivity index (χ0) is 26.7. The first kappa shape index (κ1) is 23.6. The van der Waals surface area contributed by atoms with Crippen LogP contribution in [-0.4, -0.2) is 15.1 Å². The number of hydrogen-bond acceptors (Lipinski definition) is 5. The van der Waals surface area contributed by atoms with Crippen LogP contribution < -0.4 is 4.52 Å². The molecule has 0 aromatic heterocycles. The van der Waals surface area contributed by atoms with Crippen LogP contribution >= 0.6 is 7.82 Å². The van der Waals surface area contributed by atoms with Crippen molar-refractivity contribution < 1.29 is 28.7 Å². The fraction of sp³-hybridized carbons (Fsp3) is 0.0625. The quantitative estimate of drug-likeness (QED) is 0.229. The van der Waals surface area contributed by atoms with E-state index in [0.29, 0.717) is 16.9 Å². The van der Waals surface area contributed by atoms with Gasteiger partial charge in [0.15, 0.2) is 0 Å². The average Bonchev–Trinajstić information content (AvgIpc) is 3.06. The Morgan fingerprint density at radius 3 is 2.23 bits per heavy atom. The predicted octanol–water partition coefficient (Wildman–Crippen LogP) is 7.60. The highest BCUT2D eigenvalue weighted by molar-refractivity contribution is 7.48. The Labute approximate surface area is 224 Å². The molecule has 1 heterocycles. The van der Waals surface area contributed by atoms with Crippen LogP contribution in [0.1, 0.15) is 17.0 Å². The van der Waals surface area contributed by atoms with Gasteiger partial charge in [0.1, 0.15) is 23.0 Å². The van der Waals surface area contributed by atoms with Crippen molar-refractivity contribution in [2.75, 3.05) is 0 Å². The molecule has 3 atom stereocenters. The summed E-state index contributed by atoms with van der Waals surface area (Å²) in [7, 11) is -4.63. The average molecular weight is 535 g/mol. The molecule has 7 rings (SSSR count). The summed E-state index contributed by atoms with van der Waals surface area (Å²) < 4.78 is 25.5. The van der Waals surface area contributed by atoms with Crippen molar-refractivity contribution in [3.05, 3.63) is 132 Å². The molecule has 1 aliphatic heterocycles. The predicted molar refractivity (Wildman–Crippen MR) is 150 cm³/mol. The molecule has 0 saturated heterocycles. The van der Waals surface area contributed by atoms with Crippen LogP contribution in [0.2, 0.25) is 0 Å². The molecule has 0 radical (unpaired) electrons. The van der Waals surface area contributed by atoms with E-state index in [1.165, 1.54) is 0 Å². The van der Waals surface area contributed by atoms with E-state index in [-0.39, 0.29) is 23.2 Å². The zero-order valence-corrected chi connectivity index (χ0v) is 21.5. The van der Waals surface area contributed by atoms with Crippen molar-refractivity contribution in [1.82, 2.24) is 0 Å². The van der Waals surface area contributed by atoms with Crippen molar-refractivity contribution in [2.24, 2.45) is 5.92 Å². The highest BCUT2D eigenvalue weighted by atomic mass is 31.2. The molecule has 3 N–H and O–H groups in total. The fourth-order valence-corrected chi connectivity index (χ4v) is 6.67. The first-order valence-electron chi connectivity index (χ1n) is 12.5. The second kappa shape index (κ2) is 8.77. The van der Waals surface area contributed by atoms with Gasteiger partial charge in [-0.25, -0.2) is 4.57 Å². The number of phosphoric ester groups is 1. The standard InChI is InChI=1S/C32H23O6P/c33-23-13-9-19(10-14-23)27-17-21-5-1-3-7-25(21)29-30-26-8-4-2-6-22(26)18-28(20-11-15-24(34)16-12-20)32(30)38-39(35,36)37-31(27)29/h1-18,25,29,33-34H,(H,35,36). The Morgan fingerprint density at radius 2 is 1.49 bits per heavy atom. The topological polar surface area (TPSA) is 96.2 Å². The summed E-state index contributed by atoms with van der Waals surface area (Å²) >= 11 is 0. The largest absolute Gasteiger partial charge is 0.584 e. The molecular formula is C32H23O6P. The summed E-state index contributed by atoms with van der Waals surface area (Å²) in [6.07, 6.45) is 10.0. The van der Waals surface area contributed by atoms with Crippen molar-refractivity contribution in [1.29, 1.82) is 0 Å². The molecule has 4 aromatic rings. The second-order valence-corrected chi connectivity index (χ2v) is 11.1. The summed E-state index contributed by atoms with van der Waals surface area (Å²) in [4.78, 5) is 11.1. The van der Waals surface area contributed by atoms with Gasteiger partial charge in [-0.05, 0) is 63.9 Å². The van der Waals surface area contributed by atoms with Crippen LogP contribution in [0.4, 0.5) is 0 Å². The maximum absolute atomic E-state index is 13.6. The van der Waals surface area contributed by atoms with Crippen LogP contribution in [0.3, 0.4) is 0 Å². The lowest BCUT2D eigenvalue weighted by molar-refractivity contribution is 0.246. The highest BCUT2D eigenvalue weighted by Gasteiger charge is 2.45. The van der Waals surface area contributed by atoms with Crippen LogP contribution in [0.15, 0.2) is 121 Å². The van der Waals surface area contributed by atoms with Crippen molar-refractivity contribution in [3.8, 4) is 28.4 Å². The molecule has 3 unspecified atom stereocenters. The molecule has 0 bridgehead atoms. The van der Waals surface area contributed by atoms with E-state index in [4.69, 9.17) is 9.05 Å². The third-order valence-corrected chi connectivity index (χ3v) is 8.29. The molecule has 0 amide bonds. The maximum Gasteiger partial charge on any atom is 0.584 e. The van der Waals surface area contributed by atoms with Crippen molar-refractivity contribution >= 4 is 24.2 Å². The van der Waals surface area contributed by atoms with Crippen molar-refractivity contribution in [2.45, 2.75) is 5.92 Å². The zero-order valence-electron chi connectivity index (χ0n) is 20.6. The molecule has 192 valence electrons. The lowest BCUT2D eigenvalue weighted by Crippen LogP contribution is -2.21. The maximum atomic E-state index is 13.6. The molecule has 0 spiro atoms. The summed E-state index contributed by atoms with van der Waals surface area (Å²) in [5, 5.41) is 21.6. The summed E-state index contributed by atoms with van der Waals surface area (Å²) in [5.74, 6) is 0.203. The molecule has 0 fully saturated rings. The van der Waals surface area contributed by atoms with Crippen LogP contribution in [0.25, 0.3) is 27.5 Å². The number of hydrogen-bond donors (Lipinski definition) is 3. The van der Waals surface area contributed by atoms with Crippen LogP contribution in [0, 0.1) is 5.92 Å². The minimum absolute atomic E-state index is 0.118. The summed E-state index contributed by atoms with van der Waals surface area (Å²) in [6.45, 7) is 0. The van der Waals surface area contributed by atoms with E-state index in [1.807, 2.05) is 54.6 Å². The van der Waals surface area contributed by atoms with Gasteiger partial charge in [0.25, 0.3) is 0 Å². The minimum atomic E-state index is -4.63. The van der Waals surface area contributed by atoms with Gasteiger partial charge < -0.3 is 19.3 Å². The Bertz CT molecular complexity index is 1810. The number of phosphoric acid groups is 1. The SMILES string of the molecule is O=P1(O)OC2=C(c3ccc(O)cc3)C=C3C=CC=CC3C2c2c(c(-c3ccc(O)cc3)cc3ccccc23)O1. The Hall–Kier alpha value is -4.51. The van der Waals surface area contributed by atoms with Crippen molar-refractivity contribution in [3.63, 3.8) is 0 Å². The molecule has 39 heavy (non-hydrogen) atoms. The molecule has 6 nitrogen and oxygen atoms in total. The third kappa shape index (κ3) is 3.97. The molecule has 2 aliphatic carbocycles. The Morgan fingerprint density at radius 1 is 0.795 bits per heavy atom. The summed E-state index contributed by atoms with van der Waals surface area (Å²) in [6, 6.07) is 23.2. The van der Waals surface area contributed by atoms with Gasteiger partial charge in [-0.1, -0.05) is 72.8 Å². The van der Waals surface area contributed by atoms with E-state index < -0.39 is 13.7 Å². The molecular weight excluding hydrogens is 511 g/mol. The fourth-order valence-electron chi connectivity index (χ4n) is 5.75. The van der Waals surface area contributed by atoms with Gasteiger partial charge in [0, 0.05) is 22.6 Å². The van der Waals surface area contributed by atoms with Gasteiger partial charge in [-0.15, -0.1) is 0 Å². The van der Waals surface area contributed by atoms with Gasteiger partial charge in [-0.3, -0.25) is 4.89 Å². The monoisotopic (exact) mass is 534 g/mol. The van der Waals surface area contributed by atoms with Crippen LogP contribution in [-0.2, 0) is 9.09 Å².